The smallest absolute Gasteiger partial charge is 0.277 e. The molecule has 2 heterocycles. The lowest BCUT2D eigenvalue weighted by molar-refractivity contribution is 0.116. The summed E-state index contributed by atoms with van der Waals surface area (Å²) in [7, 11) is -3.76. The fraction of sp³-hybridized carbons (Fsp3) is 0.526. The van der Waals surface area contributed by atoms with Crippen molar-refractivity contribution in [1.82, 2.24) is 14.6 Å². The number of rotatable bonds is 5. The van der Waals surface area contributed by atoms with Gasteiger partial charge in [0.2, 0.25) is 11.7 Å². The quantitative estimate of drug-likeness (QED) is 0.218. The number of halogens is 1. The second-order valence-electron chi connectivity index (χ2n) is 8.21. The van der Waals surface area contributed by atoms with Crippen LogP contribution in [0.2, 0.25) is 5.02 Å². The van der Waals surface area contributed by atoms with Crippen LogP contribution in [0, 0.1) is 12.8 Å². The minimum Gasteiger partial charge on any atom is -0.409 e. The zero-order valence-electron chi connectivity index (χ0n) is 17.5. The number of hydrogen-bond acceptors (Lipinski definition) is 8. The first-order chi connectivity index (χ1) is 15.3. The Morgan fingerprint density at radius 2 is 2.09 bits per heavy atom. The van der Waals surface area contributed by atoms with Crippen LogP contribution in [0.25, 0.3) is 0 Å². The summed E-state index contributed by atoms with van der Waals surface area (Å²) in [5, 5.41) is 33.2. The molecule has 0 amide bonds. The number of hydrogen-bond donors (Lipinski definition) is 4. The van der Waals surface area contributed by atoms with E-state index in [4.69, 9.17) is 21.4 Å². The van der Waals surface area contributed by atoms with Gasteiger partial charge < -0.3 is 15.8 Å². The molecule has 0 spiro atoms. The van der Waals surface area contributed by atoms with Crippen LogP contribution in [-0.2, 0) is 10.2 Å². The van der Waals surface area contributed by atoms with Crippen LogP contribution in [0.15, 0.2) is 28.0 Å². The number of aromatic nitrogens is 2. The number of benzene rings is 1. The van der Waals surface area contributed by atoms with Crippen LogP contribution in [0.1, 0.15) is 43.4 Å². The normalized spacial score (nSPS) is 24.7. The van der Waals surface area contributed by atoms with E-state index < -0.39 is 10.2 Å². The third-order valence-corrected chi connectivity index (χ3v) is 7.74. The Bertz CT molecular complexity index is 1110. The minimum atomic E-state index is -3.76. The molecule has 1 aliphatic carbocycles. The highest BCUT2D eigenvalue weighted by atomic mass is 35.5. The fourth-order valence-electron chi connectivity index (χ4n) is 4.71. The van der Waals surface area contributed by atoms with Gasteiger partial charge in [-0.2, -0.15) is 12.7 Å². The Morgan fingerprint density at radius 1 is 1.31 bits per heavy atom. The number of nitrogens with one attached hydrogen (secondary N) is 2. The van der Waals surface area contributed by atoms with Gasteiger partial charge in [0.05, 0.1) is 0 Å². The molecule has 174 valence electrons. The van der Waals surface area contributed by atoms with Crippen LogP contribution in [-0.4, -0.2) is 52.7 Å². The van der Waals surface area contributed by atoms with Crippen molar-refractivity contribution in [2.75, 3.05) is 17.2 Å². The molecule has 5 N–H and O–H groups in total. The molecule has 1 saturated heterocycles. The average Bonchev–Trinajstić information content (AvgIpc) is 3.22. The summed E-state index contributed by atoms with van der Waals surface area (Å²) in [6.07, 6.45) is 4.17. The lowest BCUT2D eigenvalue weighted by Gasteiger charge is -2.46. The van der Waals surface area contributed by atoms with E-state index in [0.717, 1.165) is 31.2 Å². The van der Waals surface area contributed by atoms with Gasteiger partial charge >= 0.3 is 0 Å². The first kappa shape index (κ1) is 22.8. The third kappa shape index (κ3) is 4.68. The van der Waals surface area contributed by atoms with E-state index in [-0.39, 0.29) is 29.5 Å². The maximum Gasteiger partial charge on any atom is 0.277 e. The minimum absolute atomic E-state index is 0.0534. The van der Waals surface area contributed by atoms with Crippen LogP contribution >= 0.6 is 11.6 Å². The van der Waals surface area contributed by atoms with Gasteiger partial charge in [0, 0.05) is 29.3 Å². The molecule has 13 heteroatoms. The van der Waals surface area contributed by atoms with Crippen molar-refractivity contribution in [2.45, 2.75) is 51.1 Å². The van der Waals surface area contributed by atoms with Crippen molar-refractivity contribution in [1.29, 1.82) is 0 Å². The molecule has 2 aliphatic rings. The number of aryl methyl sites for hydroxylation is 1. The Balaban J connectivity index is 1.53. The summed E-state index contributed by atoms with van der Waals surface area (Å²) in [6, 6.07) is 5.08. The highest BCUT2D eigenvalue weighted by Crippen LogP contribution is 2.37. The van der Waals surface area contributed by atoms with Crippen LogP contribution in [0.3, 0.4) is 0 Å². The molecular weight excluding hydrogens is 458 g/mol. The van der Waals surface area contributed by atoms with E-state index in [0.29, 0.717) is 29.5 Å². The molecule has 32 heavy (non-hydrogen) atoms. The Labute approximate surface area is 191 Å². The maximum atomic E-state index is 12.1. The number of fused-ring (bicyclic) bond motifs is 1. The molecule has 3 unspecified atom stereocenters. The van der Waals surface area contributed by atoms with Gasteiger partial charge in [-0.3, -0.25) is 0 Å². The predicted octanol–water partition coefficient (Wildman–Crippen LogP) is 2.53. The molecular formula is C19H26ClN7O4S. The van der Waals surface area contributed by atoms with Crippen molar-refractivity contribution in [3.63, 3.8) is 0 Å². The first-order valence-electron chi connectivity index (χ1n) is 10.4. The fourth-order valence-corrected chi connectivity index (χ4v) is 5.83. The van der Waals surface area contributed by atoms with E-state index >= 15 is 0 Å². The van der Waals surface area contributed by atoms with Gasteiger partial charge in [-0.15, -0.1) is 0 Å². The lowest BCUT2D eigenvalue weighted by Crippen LogP contribution is -2.57. The second kappa shape index (κ2) is 9.22. The van der Waals surface area contributed by atoms with Gasteiger partial charge in [-0.25, -0.2) is 9.77 Å². The summed E-state index contributed by atoms with van der Waals surface area (Å²) in [5.74, 6) is 0.439. The Hall–Kier alpha value is -2.41. The number of oxime groups is 1. The van der Waals surface area contributed by atoms with Crippen LogP contribution in [0.5, 0.6) is 0 Å². The average molecular weight is 484 g/mol. The molecule has 11 nitrogen and oxygen atoms in total. The standard InChI is InChI=1S/C19H26ClN7O4S/c1-11-10-12(6-7-14(11)20)22-18(24-28)17-19(26-31-25-17)23-15-8-9-27(32(21,29)30)16-5-3-2-4-13(15)16/h6-7,10,13,15-16,28H,2-5,8-9H2,1H3,(H,22,24)(H,23,26)(H2,21,29,30). The molecule has 1 aromatic heterocycles. The second-order valence-corrected chi connectivity index (χ2v) is 10.1. The van der Waals surface area contributed by atoms with Gasteiger partial charge in [0.25, 0.3) is 10.2 Å². The number of piperidine rings is 1. The Kier molecular flexibility index (Phi) is 6.56. The first-order valence-corrected chi connectivity index (χ1v) is 12.3. The molecule has 3 atom stereocenters. The Morgan fingerprint density at radius 3 is 2.81 bits per heavy atom. The van der Waals surface area contributed by atoms with Crippen molar-refractivity contribution in [2.24, 2.45) is 16.2 Å². The van der Waals surface area contributed by atoms with Crippen LogP contribution in [0.4, 0.5) is 11.5 Å². The van der Waals surface area contributed by atoms with E-state index in [1.165, 1.54) is 4.31 Å². The van der Waals surface area contributed by atoms with Gasteiger partial charge in [-0.05, 0) is 66.2 Å². The number of amidine groups is 1. The predicted molar refractivity (Wildman–Crippen MR) is 120 cm³/mol. The zero-order chi connectivity index (χ0) is 22.9. The summed E-state index contributed by atoms with van der Waals surface area (Å²) in [5.41, 5.74) is 1.72. The van der Waals surface area contributed by atoms with Gasteiger partial charge in [-0.1, -0.05) is 29.6 Å². The monoisotopic (exact) mass is 483 g/mol. The maximum absolute atomic E-state index is 12.1. The van der Waals surface area contributed by atoms with E-state index in [1.807, 2.05) is 13.0 Å². The number of anilines is 2. The highest BCUT2D eigenvalue weighted by molar-refractivity contribution is 7.86. The number of nitrogens with zero attached hydrogens (tertiary/aromatic N) is 4. The largest absolute Gasteiger partial charge is 0.409 e. The van der Waals surface area contributed by atoms with E-state index in [9.17, 15) is 13.6 Å². The molecule has 4 rings (SSSR count). The number of nitrogens with two attached hydrogens (primary N) is 1. The SMILES string of the molecule is Cc1cc(N/C(=N\O)c2nonc2NC2CCN(S(N)(=O)=O)C3CCCCC23)ccc1Cl. The molecule has 1 aliphatic heterocycles. The van der Waals surface area contributed by atoms with Crippen LogP contribution < -0.4 is 15.8 Å². The summed E-state index contributed by atoms with van der Waals surface area (Å²) in [4.78, 5) is 0. The van der Waals surface area contributed by atoms with E-state index in [2.05, 4.69) is 26.1 Å². The van der Waals surface area contributed by atoms with E-state index in [1.54, 1.807) is 12.1 Å². The molecule has 2 fully saturated rings. The molecule has 0 radical (unpaired) electrons. The summed E-state index contributed by atoms with van der Waals surface area (Å²) >= 11 is 6.07. The molecule has 0 bridgehead atoms. The summed E-state index contributed by atoms with van der Waals surface area (Å²) < 4.78 is 30.4. The van der Waals surface area contributed by atoms with Gasteiger partial charge in [0.1, 0.15) is 0 Å². The molecule has 2 aromatic rings. The van der Waals surface area contributed by atoms with Crippen molar-refractivity contribution < 1.29 is 18.3 Å². The van der Waals surface area contributed by atoms with Crippen molar-refractivity contribution >= 4 is 39.2 Å². The van der Waals surface area contributed by atoms with Gasteiger partial charge in [0.15, 0.2) is 5.69 Å². The lowest BCUT2D eigenvalue weighted by atomic mass is 9.76. The zero-order valence-corrected chi connectivity index (χ0v) is 19.1. The summed E-state index contributed by atoms with van der Waals surface area (Å²) in [6.45, 7) is 2.18. The third-order valence-electron chi connectivity index (χ3n) is 6.21. The van der Waals surface area contributed by atoms with Crippen molar-refractivity contribution in [3.05, 3.63) is 34.5 Å². The van der Waals surface area contributed by atoms with Crippen molar-refractivity contribution in [3.8, 4) is 0 Å². The molecule has 1 aromatic carbocycles. The molecule has 1 saturated carbocycles. The highest BCUT2D eigenvalue weighted by Gasteiger charge is 2.43. The topological polar surface area (TPSA) is 159 Å².